The Balaban J connectivity index is 1.77. The van der Waals surface area contributed by atoms with E-state index in [0.717, 1.165) is 37.9 Å². The number of nitriles is 1. The predicted octanol–water partition coefficient (Wildman–Crippen LogP) is 2.25. The zero-order valence-corrected chi connectivity index (χ0v) is 12.8. The van der Waals surface area contributed by atoms with Crippen LogP contribution >= 0.6 is 0 Å². The number of amides is 1. The lowest BCUT2D eigenvalue weighted by molar-refractivity contribution is -0.136. The van der Waals surface area contributed by atoms with Crippen LogP contribution in [0.4, 0.5) is 0 Å². The standard InChI is InChI=1S/C15H22N4O2/c1-3-6-12-17-13(21-18-12)7-4-8-14(20)19(2)15(11-16)9-5-10-15/h3-10H2,1-2H3. The van der Waals surface area contributed by atoms with Gasteiger partial charge < -0.3 is 9.42 Å². The fourth-order valence-electron chi connectivity index (χ4n) is 2.55. The van der Waals surface area contributed by atoms with Crippen LogP contribution in [-0.4, -0.2) is 33.5 Å². The van der Waals surface area contributed by atoms with Crippen LogP contribution in [0.1, 0.15) is 57.2 Å². The molecule has 0 spiro atoms. The summed E-state index contributed by atoms with van der Waals surface area (Å²) < 4.78 is 5.14. The molecule has 1 aliphatic carbocycles. The lowest BCUT2D eigenvalue weighted by atomic mass is 9.76. The third kappa shape index (κ3) is 3.41. The summed E-state index contributed by atoms with van der Waals surface area (Å²) in [6.45, 7) is 2.07. The van der Waals surface area contributed by atoms with Crippen molar-refractivity contribution in [2.24, 2.45) is 0 Å². The number of hydrogen-bond acceptors (Lipinski definition) is 5. The molecule has 0 N–H and O–H groups in total. The molecule has 1 aromatic rings. The summed E-state index contributed by atoms with van der Waals surface area (Å²) in [5.41, 5.74) is -0.560. The third-order valence-corrected chi connectivity index (χ3v) is 4.17. The molecule has 2 rings (SSSR count). The van der Waals surface area contributed by atoms with Crippen molar-refractivity contribution < 1.29 is 9.32 Å². The maximum Gasteiger partial charge on any atom is 0.226 e. The Labute approximate surface area is 125 Å². The summed E-state index contributed by atoms with van der Waals surface area (Å²) in [5.74, 6) is 1.34. The largest absolute Gasteiger partial charge is 0.339 e. The number of hydrogen-bond donors (Lipinski definition) is 0. The summed E-state index contributed by atoms with van der Waals surface area (Å²) in [4.78, 5) is 18.0. The van der Waals surface area contributed by atoms with Gasteiger partial charge in [0.2, 0.25) is 11.8 Å². The van der Waals surface area contributed by atoms with Gasteiger partial charge in [-0.25, -0.2) is 0 Å². The minimum absolute atomic E-state index is 0.0181. The van der Waals surface area contributed by atoms with Gasteiger partial charge in [0.05, 0.1) is 6.07 Å². The molecule has 1 heterocycles. The van der Waals surface area contributed by atoms with E-state index in [2.05, 4.69) is 23.1 Å². The Bertz CT molecular complexity index is 528. The van der Waals surface area contributed by atoms with Gasteiger partial charge in [0.1, 0.15) is 5.54 Å². The van der Waals surface area contributed by atoms with Crippen LogP contribution in [0.3, 0.4) is 0 Å². The van der Waals surface area contributed by atoms with Gasteiger partial charge in [0.25, 0.3) is 0 Å². The Morgan fingerprint density at radius 2 is 2.24 bits per heavy atom. The van der Waals surface area contributed by atoms with E-state index in [0.29, 0.717) is 25.2 Å². The molecule has 0 atom stereocenters. The second-order valence-corrected chi connectivity index (χ2v) is 5.66. The van der Waals surface area contributed by atoms with Crippen molar-refractivity contribution in [1.29, 1.82) is 5.26 Å². The van der Waals surface area contributed by atoms with E-state index in [1.165, 1.54) is 0 Å². The molecule has 0 aliphatic heterocycles. The van der Waals surface area contributed by atoms with E-state index in [4.69, 9.17) is 4.52 Å². The van der Waals surface area contributed by atoms with Gasteiger partial charge in [0.15, 0.2) is 5.82 Å². The predicted molar refractivity (Wildman–Crippen MR) is 76.2 cm³/mol. The first-order valence-electron chi connectivity index (χ1n) is 7.60. The molecule has 6 nitrogen and oxygen atoms in total. The summed E-state index contributed by atoms with van der Waals surface area (Å²) in [6, 6.07) is 2.29. The molecule has 1 amide bonds. The zero-order chi connectivity index (χ0) is 15.3. The van der Waals surface area contributed by atoms with Gasteiger partial charge in [-0.15, -0.1) is 0 Å². The highest BCUT2D eigenvalue weighted by Gasteiger charge is 2.43. The smallest absolute Gasteiger partial charge is 0.226 e. The maximum absolute atomic E-state index is 12.1. The number of carbonyl (C=O) groups excluding carboxylic acids is 1. The monoisotopic (exact) mass is 290 g/mol. The van der Waals surface area contributed by atoms with Crippen molar-refractivity contribution in [3.8, 4) is 6.07 Å². The SMILES string of the molecule is CCCc1noc(CCCC(=O)N(C)C2(C#N)CCC2)n1. The minimum atomic E-state index is -0.560. The summed E-state index contributed by atoms with van der Waals surface area (Å²) in [7, 11) is 1.73. The zero-order valence-electron chi connectivity index (χ0n) is 12.8. The van der Waals surface area contributed by atoms with Crippen molar-refractivity contribution >= 4 is 5.91 Å². The van der Waals surface area contributed by atoms with Crippen molar-refractivity contribution in [2.45, 2.75) is 63.8 Å². The number of rotatable bonds is 7. The summed E-state index contributed by atoms with van der Waals surface area (Å²) >= 11 is 0. The lowest BCUT2D eigenvalue weighted by Crippen LogP contribution is -2.53. The van der Waals surface area contributed by atoms with Gasteiger partial charge in [-0.1, -0.05) is 12.1 Å². The second kappa shape index (κ2) is 6.70. The minimum Gasteiger partial charge on any atom is -0.339 e. The van der Waals surface area contributed by atoms with Crippen LogP contribution in [0.25, 0.3) is 0 Å². The van der Waals surface area contributed by atoms with Gasteiger partial charge in [-0.2, -0.15) is 10.2 Å². The molecule has 0 bridgehead atoms. The fraction of sp³-hybridized carbons (Fsp3) is 0.733. The van der Waals surface area contributed by atoms with Crippen molar-refractivity contribution in [3.05, 3.63) is 11.7 Å². The third-order valence-electron chi connectivity index (χ3n) is 4.17. The van der Waals surface area contributed by atoms with Crippen LogP contribution in [0.15, 0.2) is 4.52 Å². The molecule has 0 saturated heterocycles. The first-order chi connectivity index (χ1) is 10.1. The van der Waals surface area contributed by atoms with Crippen LogP contribution in [0.5, 0.6) is 0 Å². The average Bonchev–Trinajstić information content (AvgIpc) is 2.86. The average molecular weight is 290 g/mol. The Hall–Kier alpha value is -1.90. The Kier molecular flexibility index (Phi) is 4.94. The Morgan fingerprint density at radius 1 is 1.48 bits per heavy atom. The molecular formula is C15H22N4O2. The lowest BCUT2D eigenvalue weighted by Gasteiger charge is -2.43. The molecular weight excluding hydrogens is 268 g/mol. The number of aromatic nitrogens is 2. The van der Waals surface area contributed by atoms with E-state index < -0.39 is 5.54 Å². The molecule has 0 unspecified atom stereocenters. The van der Waals surface area contributed by atoms with E-state index >= 15 is 0 Å². The van der Waals surface area contributed by atoms with Crippen LogP contribution in [0.2, 0.25) is 0 Å². The normalized spacial score (nSPS) is 16.0. The molecule has 1 aliphatic rings. The first-order valence-corrected chi connectivity index (χ1v) is 7.60. The van der Waals surface area contributed by atoms with Crippen molar-refractivity contribution in [1.82, 2.24) is 15.0 Å². The summed E-state index contributed by atoms with van der Waals surface area (Å²) in [5, 5.41) is 13.1. The van der Waals surface area contributed by atoms with Crippen molar-refractivity contribution in [3.63, 3.8) is 0 Å². The van der Waals surface area contributed by atoms with Gasteiger partial charge >= 0.3 is 0 Å². The molecule has 0 aromatic carbocycles. The number of aryl methyl sites for hydroxylation is 2. The number of carbonyl (C=O) groups is 1. The molecule has 1 saturated carbocycles. The van der Waals surface area contributed by atoms with Gasteiger partial charge in [0, 0.05) is 26.3 Å². The quantitative estimate of drug-likeness (QED) is 0.769. The van der Waals surface area contributed by atoms with E-state index in [1.807, 2.05) is 0 Å². The Morgan fingerprint density at radius 3 is 2.81 bits per heavy atom. The van der Waals surface area contributed by atoms with Crippen LogP contribution in [-0.2, 0) is 17.6 Å². The fourth-order valence-corrected chi connectivity index (χ4v) is 2.55. The van der Waals surface area contributed by atoms with E-state index in [1.54, 1.807) is 11.9 Å². The molecule has 0 radical (unpaired) electrons. The van der Waals surface area contributed by atoms with Gasteiger partial charge in [-0.3, -0.25) is 4.79 Å². The first kappa shape index (κ1) is 15.5. The topological polar surface area (TPSA) is 83.0 Å². The molecule has 1 fully saturated rings. The second-order valence-electron chi connectivity index (χ2n) is 5.66. The molecule has 21 heavy (non-hydrogen) atoms. The molecule has 114 valence electrons. The highest BCUT2D eigenvalue weighted by atomic mass is 16.5. The molecule has 6 heteroatoms. The maximum atomic E-state index is 12.1. The highest BCUT2D eigenvalue weighted by molar-refractivity contribution is 5.77. The summed E-state index contributed by atoms with van der Waals surface area (Å²) in [6.07, 6.45) is 6.08. The van der Waals surface area contributed by atoms with E-state index in [9.17, 15) is 10.1 Å². The van der Waals surface area contributed by atoms with Crippen LogP contribution in [0, 0.1) is 11.3 Å². The van der Waals surface area contributed by atoms with Crippen molar-refractivity contribution in [2.75, 3.05) is 7.05 Å². The van der Waals surface area contributed by atoms with E-state index in [-0.39, 0.29) is 5.91 Å². The number of nitrogens with zero attached hydrogens (tertiary/aromatic N) is 4. The van der Waals surface area contributed by atoms with Gasteiger partial charge in [-0.05, 0) is 32.1 Å². The van der Waals surface area contributed by atoms with Crippen LogP contribution < -0.4 is 0 Å². The molecule has 1 aromatic heterocycles. The highest BCUT2D eigenvalue weighted by Crippen LogP contribution is 2.36.